The third kappa shape index (κ3) is 6.11. The number of amides is 1. The van der Waals surface area contributed by atoms with Crippen LogP contribution in [-0.2, 0) is 20.8 Å². The first-order valence-electron chi connectivity index (χ1n) is 12.1. The zero-order valence-electron chi connectivity index (χ0n) is 21.8. The van der Waals surface area contributed by atoms with Gasteiger partial charge >= 0.3 is 12.1 Å². The molecule has 0 radical (unpaired) electrons. The lowest BCUT2D eigenvalue weighted by molar-refractivity contribution is -0.221. The van der Waals surface area contributed by atoms with E-state index in [1.54, 1.807) is 6.92 Å². The van der Waals surface area contributed by atoms with E-state index in [-0.39, 0.29) is 35.8 Å². The Hall–Kier alpha value is -3.45. The summed E-state index contributed by atoms with van der Waals surface area (Å²) in [5.41, 5.74) is 0.294. The molecule has 0 spiro atoms. The summed E-state index contributed by atoms with van der Waals surface area (Å²) >= 11 is 0. The number of hydrogen-bond acceptors (Lipinski definition) is 9. The Morgan fingerprint density at radius 1 is 1.12 bits per heavy atom. The fourth-order valence-electron chi connectivity index (χ4n) is 3.12. The van der Waals surface area contributed by atoms with Crippen LogP contribution in [0.4, 0.5) is 26.2 Å². The van der Waals surface area contributed by atoms with Crippen molar-refractivity contribution in [2.24, 2.45) is 0 Å². The van der Waals surface area contributed by atoms with Gasteiger partial charge in [-0.1, -0.05) is 12.1 Å². The molecule has 5 atom stereocenters. The highest BCUT2D eigenvalue weighted by Crippen LogP contribution is 2.30. The lowest BCUT2D eigenvalue weighted by Crippen LogP contribution is -2.61. The molecule has 1 saturated heterocycles. The SMILES string of the molecule is [2H]c1c([2H])c(CNc2ccc(NC(=O)OCC)c(N[C@@H]3O[C@H](C(=O)O)[C@@H](O)[C@H](O)[C@H]3O)c2)c([2H])c([2H])c1F. The number of halogens is 1. The Kier molecular flexibility index (Phi) is 6.53. The van der Waals surface area contributed by atoms with Gasteiger partial charge in [-0.05, 0) is 42.8 Å². The van der Waals surface area contributed by atoms with Gasteiger partial charge in [-0.25, -0.2) is 14.0 Å². The van der Waals surface area contributed by atoms with E-state index in [1.165, 1.54) is 18.2 Å². The summed E-state index contributed by atoms with van der Waals surface area (Å²) < 4.78 is 55.1. The van der Waals surface area contributed by atoms with Crippen LogP contribution in [0.3, 0.4) is 0 Å². The zero-order valence-corrected chi connectivity index (χ0v) is 17.8. The standard InChI is InChI=1S/C22H26FN3O8/c1-2-33-22(32)26-14-8-7-13(24-10-11-3-5-12(23)6-4-11)9-15(14)25-20-18(29)16(27)17(28)19(34-20)21(30)31/h3-9,16-20,24-25,27-29H,2,10H2,1H3,(H,26,32)(H,30,31)/t16-,17-,18+,19-,20+/m0/s1/i3D,4D,5D,6D. The maximum atomic E-state index is 13.8. The second-order valence-electron chi connectivity index (χ2n) is 7.18. The quantitative estimate of drug-likeness (QED) is 0.291. The second-order valence-corrected chi connectivity index (χ2v) is 7.18. The molecule has 2 aromatic carbocycles. The fraction of sp³-hybridized carbons (Fsp3) is 0.364. The molecule has 11 nitrogen and oxygen atoms in total. The molecule has 184 valence electrons. The number of anilines is 3. The molecule has 7 N–H and O–H groups in total. The Balaban J connectivity index is 1.91. The topological polar surface area (TPSA) is 170 Å². The molecule has 3 rings (SSSR count). The van der Waals surface area contributed by atoms with Gasteiger partial charge in [-0.15, -0.1) is 0 Å². The van der Waals surface area contributed by atoms with Crippen LogP contribution in [0.5, 0.6) is 0 Å². The molecule has 1 aliphatic rings. The van der Waals surface area contributed by atoms with E-state index < -0.39 is 72.7 Å². The minimum absolute atomic E-state index is 0.0403. The third-order valence-corrected chi connectivity index (χ3v) is 4.80. The molecule has 0 aliphatic carbocycles. The van der Waals surface area contributed by atoms with Gasteiger partial charge in [-0.2, -0.15) is 0 Å². The van der Waals surface area contributed by atoms with Crippen molar-refractivity contribution in [3.8, 4) is 0 Å². The maximum absolute atomic E-state index is 13.8. The van der Waals surface area contributed by atoms with Gasteiger partial charge in [0, 0.05) is 12.2 Å². The van der Waals surface area contributed by atoms with Crippen molar-refractivity contribution in [1.29, 1.82) is 0 Å². The molecule has 0 saturated carbocycles. The van der Waals surface area contributed by atoms with Crippen molar-refractivity contribution in [1.82, 2.24) is 0 Å². The second kappa shape index (κ2) is 11.1. The van der Waals surface area contributed by atoms with Gasteiger partial charge in [0.25, 0.3) is 0 Å². The number of carbonyl (C=O) groups is 2. The lowest BCUT2D eigenvalue weighted by Gasteiger charge is -2.39. The summed E-state index contributed by atoms with van der Waals surface area (Å²) in [6.45, 7) is 1.38. The van der Waals surface area contributed by atoms with Gasteiger partial charge in [0.2, 0.25) is 0 Å². The van der Waals surface area contributed by atoms with E-state index in [9.17, 15) is 34.4 Å². The summed E-state index contributed by atoms with van der Waals surface area (Å²) in [6.07, 6.45) is -9.85. The van der Waals surface area contributed by atoms with Crippen molar-refractivity contribution in [2.45, 2.75) is 44.1 Å². The lowest BCUT2D eigenvalue weighted by atomic mass is 9.98. The van der Waals surface area contributed by atoms with Crippen LogP contribution >= 0.6 is 0 Å². The average molecular weight is 483 g/mol. The number of aliphatic hydroxyl groups excluding tert-OH is 3. The number of aliphatic hydroxyl groups is 3. The number of ether oxygens (including phenoxy) is 2. The van der Waals surface area contributed by atoms with Crippen LogP contribution in [0, 0.1) is 5.82 Å². The fourth-order valence-corrected chi connectivity index (χ4v) is 3.12. The number of hydrogen-bond donors (Lipinski definition) is 7. The number of nitrogens with one attached hydrogen (secondary N) is 3. The van der Waals surface area contributed by atoms with Crippen LogP contribution in [0.1, 0.15) is 18.0 Å². The first kappa shape index (κ1) is 20.0. The highest BCUT2D eigenvalue weighted by Gasteiger charge is 2.47. The van der Waals surface area contributed by atoms with Crippen molar-refractivity contribution in [2.75, 3.05) is 22.6 Å². The first-order chi connectivity index (χ1) is 17.9. The molecule has 1 aliphatic heterocycles. The van der Waals surface area contributed by atoms with Crippen LogP contribution in [0.25, 0.3) is 0 Å². The smallest absolute Gasteiger partial charge is 0.411 e. The third-order valence-electron chi connectivity index (χ3n) is 4.80. The molecule has 0 aromatic heterocycles. The number of benzene rings is 2. The molecule has 0 bridgehead atoms. The van der Waals surface area contributed by atoms with E-state index >= 15 is 0 Å². The molecular weight excluding hydrogens is 453 g/mol. The van der Waals surface area contributed by atoms with E-state index in [0.29, 0.717) is 0 Å². The largest absolute Gasteiger partial charge is 0.479 e. The first-order valence-corrected chi connectivity index (χ1v) is 10.1. The van der Waals surface area contributed by atoms with E-state index in [4.69, 9.17) is 15.0 Å². The van der Waals surface area contributed by atoms with Crippen LogP contribution in [-0.4, -0.2) is 69.7 Å². The van der Waals surface area contributed by atoms with E-state index in [0.717, 1.165) is 0 Å². The highest BCUT2D eigenvalue weighted by molar-refractivity contribution is 5.90. The summed E-state index contributed by atoms with van der Waals surface area (Å²) in [7, 11) is 0. The van der Waals surface area contributed by atoms with Crippen molar-refractivity contribution < 1.29 is 49.4 Å². The Bertz CT molecular complexity index is 1190. The number of carboxylic acid groups (broad SMARTS) is 1. The molecule has 12 heteroatoms. The monoisotopic (exact) mass is 483 g/mol. The van der Waals surface area contributed by atoms with Gasteiger partial charge in [-0.3, -0.25) is 5.32 Å². The maximum Gasteiger partial charge on any atom is 0.411 e. The van der Waals surface area contributed by atoms with Gasteiger partial charge in [0.1, 0.15) is 24.1 Å². The Morgan fingerprint density at radius 2 is 1.82 bits per heavy atom. The molecule has 1 fully saturated rings. The minimum atomic E-state index is -1.91. The van der Waals surface area contributed by atoms with Crippen LogP contribution in [0.2, 0.25) is 0 Å². The van der Waals surface area contributed by atoms with Crippen molar-refractivity contribution in [3.05, 3.63) is 53.7 Å². The molecule has 2 aromatic rings. The summed E-state index contributed by atoms with van der Waals surface area (Å²) in [5, 5.41) is 47.6. The summed E-state index contributed by atoms with van der Waals surface area (Å²) in [4.78, 5) is 23.4. The van der Waals surface area contributed by atoms with Gasteiger partial charge < -0.3 is 40.5 Å². The zero-order chi connectivity index (χ0) is 28.3. The van der Waals surface area contributed by atoms with Crippen LogP contribution < -0.4 is 16.0 Å². The predicted molar refractivity (Wildman–Crippen MR) is 119 cm³/mol. The molecule has 0 unspecified atom stereocenters. The summed E-state index contributed by atoms with van der Waals surface area (Å²) in [5.74, 6) is -2.86. The minimum Gasteiger partial charge on any atom is -0.479 e. The highest BCUT2D eigenvalue weighted by atomic mass is 19.1. The normalized spacial score (nSPS) is 25.9. The number of aliphatic carboxylic acids is 1. The van der Waals surface area contributed by atoms with Crippen molar-refractivity contribution in [3.63, 3.8) is 0 Å². The van der Waals surface area contributed by atoms with Crippen molar-refractivity contribution >= 4 is 29.1 Å². The Labute approximate surface area is 199 Å². The van der Waals surface area contributed by atoms with E-state index in [2.05, 4.69) is 16.0 Å². The van der Waals surface area contributed by atoms with Crippen LogP contribution in [0.15, 0.2) is 42.4 Å². The molecular formula is C22H26FN3O8. The van der Waals surface area contributed by atoms with Gasteiger partial charge in [0.05, 0.1) is 23.5 Å². The number of carboxylic acids is 1. The average Bonchev–Trinajstić information content (AvgIpc) is 2.87. The number of carbonyl (C=O) groups excluding carboxylic acids is 1. The van der Waals surface area contributed by atoms with Gasteiger partial charge in [0.15, 0.2) is 12.3 Å². The predicted octanol–water partition coefficient (Wildman–Crippen LogP) is 1.31. The Morgan fingerprint density at radius 3 is 2.47 bits per heavy atom. The molecule has 1 heterocycles. The summed E-state index contributed by atoms with van der Waals surface area (Å²) in [6, 6.07) is 1.43. The number of rotatable bonds is 8. The molecule has 1 amide bonds. The molecule has 34 heavy (non-hydrogen) atoms. The van der Waals surface area contributed by atoms with E-state index in [1.807, 2.05) is 0 Å².